The van der Waals surface area contributed by atoms with Crippen molar-refractivity contribution in [3.8, 4) is 17.6 Å². The van der Waals surface area contributed by atoms with Crippen molar-refractivity contribution in [1.82, 2.24) is 5.32 Å². The Kier molecular flexibility index (Phi) is 4.52. The highest BCUT2D eigenvalue weighted by molar-refractivity contribution is 6.32. The zero-order valence-corrected chi connectivity index (χ0v) is 12.7. The van der Waals surface area contributed by atoms with E-state index in [-0.39, 0.29) is 6.04 Å². The van der Waals surface area contributed by atoms with Crippen molar-refractivity contribution >= 4 is 11.6 Å². The molecule has 1 unspecified atom stereocenters. The SMILES string of the molecule is N#CC(NC1CCCC1)c1cc(Cl)c2c(c1)OCCCO2. The van der Waals surface area contributed by atoms with Gasteiger partial charge in [-0.25, -0.2) is 0 Å². The molecule has 1 saturated carbocycles. The number of halogens is 1. The van der Waals surface area contributed by atoms with Crippen molar-refractivity contribution in [1.29, 1.82) is 5.26 Å². The molecule has 1 N–H and O–H groups in total. The molecule has 1 aromatic carbocycles. The van der Waals surface area contributed by atoms with Crippen molar-refractivity contribution in [2.24, 2.45) is 0 Å². The Bertz CT molecular complexity index is 550. The number of benzene rings is 1. The number of rotatable bonds is 3. The summed E-state index contributed by atoms with van der Waals surface area (Å²) in [7, 11) is 0. The number of hydrogen-bond donors (Lipinski definition) is 1. The van der Waals surface area contributed by atoms with Crippen LogP contribution >= 0.6 is 11.6 Å². The second-order valence-electron chi connectivity index (χ2n) is 5.59. The fourth-order valence-corrected chi connectivity index (χ4v) is 3.23. The Morgan fingerprint density at radius 2 is 1.95 bits per heavy atom. The van der Waals surface area contributed by atoms with Crippen LogP contribution in [-0.2, 0) is 0 Å². The van der Waals surface area contributed by atoms with E-state index in [2.05, 4.69) is 11.4 Å². The topological polar surface area (TPSA) is 54.3 Å². The average Bonchev–Trinajstić information content (AvgIpc) is 2.88. The third-order valence-corrected chi connectivity index (χ3v) is 4.33. The van der Waals surface area contributed by atoms with Gasteiger partial charge in [-0.3, -0.25) is 5.32 Å². The summed E-state index contributed by atoms with van der Waals surface area (Å²) in [5, 5.41) is 13.4. The number of ether oxygens (including phenoxy) is 2. The Morgan fingerprint density at radius 3 is 2.71 bits per heavy atom. The second-order valence-corrected chi connectivity index (χ2v) is 6.00. The predicted molar refractivity (Wildman–Crippen MR) is 80.8 cm³/mol. The second kappa shape index (κ2) is 6.55. The van der Waals surface area contributed by atoms with Gasteiger partial charge in [0.05, 0.1) is 24.3 Å². The number of nitrogens with one attached hydrogen (secondary N) is 1. The highest BCUT2D eigenvalue weighted by atomic mass is 35.5. The molecule has 4 nitrogen and oxygen atoms in total. The maximum Gasteiger partial charge on any atom is 0.179 e. The molecule has 1 atom stereocenters. The molecule has 1 aromatic rings. The van der Waals surface area contributed by atoms with Crippen molar-refractivity contribution in [3.63, 3.8) is 0 Å². The summed E-state index contributed by atoms with van der Waals surface area (Å²) in [6.45, 7) is 1.22. The van der Waals surface area contributed by atoms with Gasteiger partial charge >= 0.3 is 0 Å². The van der Waals surface area contributed by atoms with Gasteiger partial charge in [0.2, 0.25) is 0 Å². The monoisotopic (exact) mass is 306 g/mol. The molecule has 0 aromatic heterocycles. The van der Waals surface area contributed by atoms with Crippen LogP contribution in [0.25, 0.3) is 0 Å². The Balaban J connectivity index is 1.84. The Hall–Kier alpha value is -1.44. The molecule has 1 heterocycles. The lowest BCUT2D eigenvalue weighted by Gasteiger charge is -2.19. The van der Waals surface area contributed by atoms with Crippen LogP contribution in [0.4, 0.5) is 0 Å². The van der Waals surface area contributed by atoms with E-state index in [1.54, 1.807) is 0 Å². The maximum atomic E-state index is 9.46. The van der Waals surface area contributed by atoms with Crippen LogP contribution in [0.15, 0.2) is 12.1 Å². The van der Waals surface area contributed by atoms with Crippen molar-refractivity contribution in [3.05, 3.63) is 22.7 Å². The molecule has 0 saturated heterocycles. The van der Waals surface area contributed by atoms with Gasteiger partial charge in [-0.1, -0.05) is 24.4 Å². The van der Waals surface area contributed by atoms with Gasteiger partial charge in [-0.15, -0.1) is 0 Å². The average molecular weight is 307 g/mol. The molecule has 112 valence electrons. The number of nitrogens with zero attached hydrogens (tertiary/aromatic N) is 1. The minimum absolute atomic E-state index is 0.359. The van der Waals surface area contributed by atoms with E-state index in [1.807, 2.05) is 12.1 Å². The summed E-state index contributed by atoms with van der Waals surface area (Å²) in [4.78, 5) is 0. The lowest BCUT2D eigenvalue weighted by atomic mass is 10.1. The molecule has 1 aliphatic heterocycles. The van der Waals surface area contributed by atoms with Gasteiger partial charge in [0.1, 0.15) is 6.04 Å². The van der Waals surface area contributed by atoms with E-state index < -0.39 is 0 Å². The van der Waals surface area contributed by atoms with E-state index in [9.17, 15) is 5.26 Å². The number of hydrogen-bond acceptors (Lipinski definition) is 4. The normalized spacial score (nSPS) is 19.8. The number of nitriles is 1. The van der Waals surface area contributed by atoms with Crippen molar-refractivity contribution in [2.45, 2.75) is 44.2 Å². The molecule has 0 bridgehead atoms. The molecule has 0 amide bonds. The predicted octanol–water partition coefficient (Wildman–Crippen LogP) is 3.60. The summed E-state index contributed by atoms with van der Waals surface area (Å²) in [6, 6.07) is 6.08. The van der Waals surface area contributed by atoms with Gasteiger partial charge in [0.15, 0.2) is 11.5 Å². The van der Waals surface area contributed by atoms with Gasteiger partial charge in [-0.05, 0) is 30.5 Å². The third-order valence-electron chi connectivity index (χ3n) is 4.04. The quantitative estimate of drug-likeness (QED) is 0.927. The zero-order chi connectivity index (χ0) is 14.7. The number of fused-ring (bicyclic) bond motifs is 1. The summed E-state index contributed by atoms with van der Waals surface area (Å²) in [5.41, 5.74) is 0.846. The molecule has 0 radical (unpaired) electrons. The molecule has 21 heavy (non-hydrogen) atoms. The molecular formula is C16H19ClN2O2. The fraction of sp³-hybridized carbons (Fsp3) is 0.562. The summed E-state index contributed by atoms with van der Waals surface area (Å²) in [5.74, 6) is 1.24. The molecule has 3 rings (SSSR count). The van der Waals surface area contributed by atoms with Gasteiger partial charge in [0, 0.05) is 12.5 Å². The summed E-state index contributed by atoms with van der Waals surface area (Å²) < 4.78 is 11.3. The first-order valence-electron chi connectivity index (χ1n) is 7.52. The van der Waals surface area contributed by atoms with Crippen molar-refractivity contribution < 1.29 is 9.47 Å². The van der Waals surface area contributed by atoms with Crippen LogP contribution in [0.1, 0.15) is 43.7 Å². The molecule has 2 aliphatic rings. The minimum atomic E-state index is -0.359. The van der Waals surface area contributed by atoms with E-state index in [4.69, 9.17) is 21.1 Å². The summed E-state index contributed by atoms with van der Waals surface area (Å²) in [6.07, 6.45) is 5.57. The molecular weight excluding hydrogens is 288 g/mol. The van der Waals surface area contributed by atoms with Crippen LogP contribution < -0.4 is 14.8 Å². The molecule has 0 spiro atoms. The maximum absolute atomic E-state index is 9.46. The van der Waals surface area contributed by atoms with Crippen LogP contribution in [-0.4, -0.2) is 19.3 Å². The van der Waals surface area contributed by atoms with Crippen molar-refractivity contribution in [2.75, 3.05) is 13.2 Å². The largest absolute Gasteiger partial charge is 0.489 e. The summed E-state index contributed by atoms with van der Waals surface area (Å²) >= 11 is 6.30. The molecule has 5 heteroatoms. The van der Waals surface area contributed by atoms with Crippen LogP contribution in [0.3, 0.4) is 0 Å². The van der Waals surface area contributed by atoms with Gasteiger partial charge in [0.25, 0.3) is 0 Å². The van der Waals surface area contributed by atoms with E-state index in [0.717, 1.165) is 24.8 Å². The zero-order valence-electron chi connectivity index (χ0n) is 11.9. The van der Waals surface area contributed by atoms with E-state index in [1.165, 1.54) is 12.8 Å². The lowest BCUT2D eigenvalue weighted by molar-refractivity contribution is 0.297. The van der Waals surface area contributed by atoms with Gasteiger partial charge in [-0.2, -0.15) is 5.26 Å². The van der Waals surface area contributed by atoms with E-state index in [0.29, 0.717) is 35.8 Å². The van der Waals surface area contributed by atoms with Crippen LogP contribution in [0, 0.1) is 11.3 Å². The van der Waals surface area contributed by atoms with Gasteiger partial charge < -0.3 is 9.47 Å². The highest BCUT2D eigenvalue weighted by Gasteiger charge is 2.23. The first-order chi connectivity index (χ1) is 10.3. The Labute approximate surface area is 130 Å². The van der Waals surface area contributed by atoms with Crippen LogP contribution in [0.5, 0.6) is 11.5 Å². The first kappa shape index (κ1) is 14.5. The van der Waals surface area contributed by atoms with Crippen LogP contribution in [0.2, 0.25) is 5.02 Å². The first-order valence-corrected chi connectivity index (χ1v) is 7.90. The molecule has 1 fully saturated rings. The third kappa shape index (κ3) is 3.25. The highest BCUT2D eigenvalue weighted by Crippen LogP contribution is 2.39. The smallest absolute Gasteiger partial charge is 0.179 e. The standard InChI is InChI=1S/C16H19ClN2O2/c17-13-8-11(9-15-16(13)21-7-3-6-20-15)14(10-18)19-12-4-1-2-5-12/h8-9,12,14,19H,1-7H2. The molecule has 1 aliphatic carbocycles. The minimum Gasteiger partial charge on any atom is -0.489 e. The lowest BCUT2D eigenvalue weighted by Crippen LogP contribution is -2.29. The Morgan fingerprint density at radius 1 is 1.19 bits per heavy atom. The fourth-order valence-electron chi connectivity index (χ4n) is 2.95. The van der Waals surface area contributed by atoms with E-state index >= 15 is 0 Å².